The number of aromatic amines is 1. The lowest BCUT2D eigenvalue weighted by Gasteiger charge is -2.13. The molecule has 0 aromatic carbocycles. The van der Waals surface area contributed by atoms with Crippen molar-refractivity contribution < 1.29 is 4.42 Å². The number of nitrogens with one attached hydrogen (secondary N) is 2. The van der Waals surface area contributed by atoms with E-state index in [1.165, 1.54) is 0 Å². The van der Waals surface area contributed by atoms with Crippen LogP contribution in [0.3, 0.4) is 0 Å². The van der Waals surface area contributed by atoms with Gasteiger partial charge in [0.25, 0.3) is 0 Å². The molecule has 1 atom stereocenters. The van der Waals surface area contributed by atoms with E-state index in [-0.39, 0.29) is 6.04 Å². The molecule has 2 N–H and O–H groups in total. The lowest BCUT2D eigenvalue weighted by atomic mass is 10.1. The van der Waals surface area contributed by atoms with E-state index >= 15 is 0 Å². The van der Waals surface area contributed by atoms with Crippen molar-refractivity contribution in [3.8, 4) is 0 Å². The maximum absolute atomic E-state index is 5.37. The van der Waals surface area contributed by atoms with Crippen molar-refractivity contribution in [2.45, 2.75) is 25.9 Å². The summed E-state index contributed by atoms with van der Waals surface area (Å²) in [5.41, 5.74) is 1.15. The van der Waals surface area contributed by atoms with Gasteiger partial charge in [0.05, 0.1) is 18.5 Å². The van der Waals surface area contributed by atoms with E-state index in [1.54, 1.807) is 6.26 Å². The number of rotatable bonds is 5. The van der Waals surface area contributed by atoms with Crippen molar-refractivity contribution in [1.29, 1.82) is 0 Å². The quantitative estimate of drug-likeness (QED) is 0.787. The highest BCUT2D eigenvalue weighted by molar-refractivity contribution is 5.06. The Labute approximate surface area is 88.7 Å². The van der Waals surface area contributed by atoms with Gasteiger partial charge < -0.3 is 9.73 Å². The van der Waals surface area contributed by atoms with E-state index in [0.717, 1.165) is 24.3 Å². The fourth-order valence-electron chi connectivity index (χ4n) is 1.55. The van der Waals surface area contributed by atoms with Crippen LogP contribution in [0.1, 0.15) is 30.7 Å². The average Bonchev–Trinajstić information content (AvgIpc) is 2.90. The highest BCUT2D eigenvalue weighted by Gasteiger charge is 2.10. The fourth-order valence-corrected chi connectivity index (χ4v) is 1.55. The van der Waals surface area contributed by atoms with E-state index in [0.29, 0.717) is 0 Å². The summed E-state index contributed by atoms with van der Waals surface area (Å²) in [7, 11) is 0. The molecule has 2 rings (SSSR count). The van der Waals surface area contributed by atoms with Gasteiger partial charge in [-0.25, -0.2) is 0 Å². The standard InChI is InChI=1S/C11H15N3O/c1-2-10(11-4-3-5-15-11)12-6-9-7-13-14-8-9/h3-5,7-8,10,12H,2,6H2,1H3,(H,13,14). The van der Waals surface area contributed by atoms with Crippen LogP contribution >= 0.6 is 0 Å². The van der Waals surface area contributed by atoms with E-state index < -0.39 is 0 Å². The van der Waals surface area contributed by atoms with Crippen LogP contribution in [-0.4, -0.2) is 10.2 Å². The summed E-state index contributed by atoms with van der Waals surface area (Å²) >= 11 is 0. The number of hydrogen-bond donors (Lipinski definition) is 2. The van der Waals surface area contributed by atoms with Gasteiger partial charge in [-0.15, -0.1) is 0 Å². The van der Waals surface area contributed by atoms with Crippen LogP contribution in [0.25, 0.3) is 0 Å². The monoisotopic (exact) mass is 205 g/mol. The zero-order valence-corrected chi connectivity index (χ0v) is 8.73. The first kappa shape index (κ1) is 9.98. The van der Waals surface area contributed by atoms with Gasteiger partial charge in [0.15, 0.2) is 0 Å². The highest BCUT2D eigenvalue weighted by Crippen LogP contribution is 2.17. The van der Waals surface area contributed by atoms with Gasteiger partial charge in [0.2, 0.25) is 0 Å². The first-order valence-electron chi connectivity index (χ1n) is 5.14. The Balaban J connectivity index is 1.92. The van der Waals surface area contributed by atoms with Crippen LogP contribution in [0.15, 0.2) is 35.2 Å². The molecule has 2 aromatic rings. The smallest absolute Gasteiger partial charge is 0.120 e. The van der Waals surface area contributed by atoms with Crippen LogP contribution < -0.4 is 5.32 Å². The van der Waals surface area contributed by atoms with Gasteiger partial charge >= 0.3 is 0 Å². The molecule has 0 saturated heterocycles. The minimum Gasteiger partial charge on any atom is -0.468 e. The third-order valence-corrected chi connectivity index (χ3v) is 2.40. The Hall–Kier alpha value is -1.55. The zero-order valence-electron chi connectivity index (χ0n) is 8.73. The molecule has 2 aromatic heterocycles. The van der Waals surface area contributed by atoms with Crippen molar-refractivity contribution in [3.63, 3.8) is 0 Å². The largest absolute Gasteiger partial charge is 0.468 e. The molecule has 0 saturated carbocycles. The molecule has 0 aliphatic heterocycles. The lowest BCUT2D eigenvalue weighted by Crippen LogP contribution is -2.19. The van der Waals surface area contributed by atoms with Gasteiger partial charge in [-0.3, -0.25) is 5.10 Å². The maximum atomic E-state index is 5.37. The molecule has 0 aliphatic rings. The van der Waals surface area contributed by atoms with Gasteiger partial charge in [0.1, 0.15) is 5.76 Å². The molecule has 4 heteroatoms. The molecule has 15 heavy (non-hydrogen) atoms. The second kappa shape index (κ2) is 4.79. The summed E-state index contributed by atoms with van der Waals surface area (Å²) in [4.78, 5) is 0. The van der Waals surface area contributed by atoms with Crippen LogP contribution in [0, 0.1) is 0 Å². The highest BCUT2D eigenvalue weighted by atomic mass is 16.3. The second-order valence-electron chi connectivity index (χ2n) is 3.46. The summed E-state index contributed by atoms with van der Waals surface area (Å²) in [5.74, 6) is 0.987. The lowest BCUT2D eigenvalue weighted by molar-refractivity contribution is 0.403. The van der Waals surface area contributed by atoms with Gasteiger partial charge in [-0.2, -0.15) is 5.10 Å². The van der Waals surface area contributed by atoms with Crippen molar-refractivity contribution >= 4 is 0 Å². The third kappa shape index (κ3) is 2.47. The van der Waals surface area contributed by atoms with E-state index in [9.17, 15) is 0 Å². The Bertz CT molecular complexity index is 366. The Morgan fingerprint density at radius 1 is 1.60 bits per heavy atom. The number of H-pyrrole nitrogens is 1. The number of furan rings is 1. The molecule has 0 radical (unpaired) electrons. The molecule has 4 nitrogen and oxygen atoms in total. The van der Waals surface area contributed by atoms with Crippen molar-refractivity contribution in [3.05, 3.63) is 42.1 Å². The summed E-state index contributed by atoms with van der Waals surface area (Å²) in [6.45, 7) is 2.94. The van der Waals surface area contributed by atoms with Crippen LogP contribution in [0.5, 0.6) is 0 Å². The normalized spacial score (nSPS) is 12.9. The van der Waals surface area contributed by atoms with Gasteiger partial charge in [-0.05, 0) is 18.6 Å². The Kier molecular flexibility index (Phi) is 3.19. The van der Waals surface area contributed by atoms with Crippen molar-refractivity contribution in [1.82, 2.24) is 15.5 Å². The molecule has 1 unspecified atom stereocenters. The molecular formula is C11H15N3O. The van der Waals surface area contributed by atoms with Gasteiger partial charge in [-0.1, -0.05) is 6.92 Å². The average molecular weight is 205 g/mol. The summed E-state index contributed by atoms with van der Waals surface area (Å²) in [6.07, 6.45) is 6.42. The van der Waals surface area contributed by atoms with E-state index in [1.807, 2.05) is 24.5 Å². The molecule has 0 bridgehead atoms. The van der Waals surface area contributed by atoms with E-state index in [4.69, 9.17) is 4.42 Å². The minimum absolute atomic E-state index is 0.273. The molecule has 0 fully saturated rings. The molecule has 80 valence electrons. The number of hydrogen-bond acceptors (Lipinski definition) is 3. The molecule has 0 spiro atoms. The predicted molar refractivity (Wildman–Crippen MR) is 57.2 cm³/mol. The van der Waals surface area contributed by atoms with Crippen molar-refractivity contribution in [2.75, 3.05) is 0 Å². The Morgan fingerprint density at radius 2 is 2.53 bits per heavy atom. The topological polar surface area (TPSA) is 53.9 Å². The number of nitrogens with zero attached hydrogens (tertiary/aromatic N) is 1. The Morgan fingerprint density at radius 3 is 3.13 bits per heavy atom. The predicted octanol–water partition coefficient (Wildman–Crippen LogP) is 2.24. The summed E-state index contributed by atoms with van der Waals surface area (Å²) in [5, 5.41) is 10.1. The fraction of sp³-hybridized carbons (Fsp3) is 0.364. The minimum atomic E-state index is 0.273. The second-order valence-corrected chi connectivity index (χ2v) is 3.46. The summed E-state index contributed by atoms with van der Waals surface area (Å²) < 4.78 is 5.37. The van der Waals surface area contributed by atoms with E-state index in [2.05, 4.69) is 22.4 Å². The number of aromatic nitrogens is 2. The maximum Gasteiger partial charge on any atom is 0.120 e. The van der Waals surface area contributed by atoms with Crippen LogP contribution in [0.4, 0.5) is 0 Å². The molecule has 2 heterocycles. The van der Waals surface area contributed by atoms with Crippen LogP contribution in [-0.2, 0) is 6.54 Å². The molecule has 0 amide bonds. The van der Waals surface area contributed by atoms with Crippen molar-refractivity contribution in [2.24, 2.45) is 0 Å². The van der Waals surface area contributed by atoms with Gasteiger partial charge in [0, 0.05) is 18.3 Å². The first-order chi connectivity index (χ1) is 7.40. The van der Waals surface area contributed by atoms with Crippen LogP contribution in [0.2, 0.25) is 0 Å². The SMILES string of the molecule is CCC(NCc1cn[nH]c1)c1ccco1. The zero-order chi connectivity index (χ0) is 10.5. The first-order valence-corrected chi connectivity index (χ1v) is 5.14. The molecule has 0 aliphatic carbocycles. The molecular weight excluding hydrogens is 190 g/mol. The summed E-state index contributed by atoms with van der Waals surface area (Å²) in [6, 6.07) is 4.18. The third-order valence-electron chi connectivity index (χ3n) is 2.40.